The Hall–Kier alpha value is -3.02. The summed E-state index contributed by atoms with van der Waals surface area (Å²) in [4.78, 5) is 25.1. The Labute approximate surface area is 265 Å². The molecular weight excluding hydrogens is 588 g/mol. The van der Waals surface area contributed by atoms with E-state index in [0.717, 1.165) is 50.1 Å². The molecule has 0 amide bonds. The summed E-state index contributed by atoms with van der Waals surface area (Å²) in [6.45, 7) is 10.1. The molecule has 4 rings (SSSR count). The second-order valence-corrected chi connectivity index (χ2v) is 12.1. The van der Waals surface area contributed by atoms with E-state index in [1.165, 1.54) is 0 Å². The lowest BCUT2D eigenvalue weighted by Crippen LogP contribution is -2.44. The van der Waals surface area contributed by atoms with Crippen LogP contribution < -0.4 is 24.0 Å². The van der Waals surface area contributed by atoms with Gasteiger partial charge >= 0.3 is 5.97 Å². The number of pyridine rings is 2. The first kappa shape index (κ1) is 33.9. The Morgan fingerprint density at radius 3 is 2.59 bits per heavy atom. The summed E-state index contributed by atoms with van der Waals surface area (Å²) in [6, 6.07) is 3.57. The van der Waals surface area contributed by atoms with Crippen LogP contribution in [0.25, 0.3) is 0 Å². The van der Waals surface area contributed by atoms with E-state index < -0.39 is 5.97 Å². The molecule has 0 aromatic carbocycles. The number of anilines is 2. The smallest absolute Gasteiger partial charge is 0.305 e. The van der Waals surface area contributed by atoms with E-state index in [2.05, 4.69) is 35.6 Å². The maximum absolute atomic E-state index is 11.8. The molecule has 2 unspecified atom stereocenters. The van der Waals surface area contributed by atoms with Crippen molar-refractivity contribution in [2.75, 3.05) is 63.5 Å². The highest BCUT2D eigenvalue weighted by molar-refractivity contribution is 6.33. The molecule has 0 radical (unpaired) electrons. The molecule has 2 aliphatic heterocycles. The predicted molar refractivity (Wildman–Crippen MR) is 170 cm³/mol. The quantitative estimate of drug-likeness (QED) is 0.242. The van der Waals surface area contributed by atoms with Gasteiger partial charge in [0.25, 0.3) is 5.88 Å². The Morgan fingerprint density at radius 1 is 1.07 bits per heavy atom. The summed E-state index contributed by atoms with van der Waals surface area (Å²) < 4.78 is 29.4. The van der Waals surface area contributed by atoms with Crippen molar-refractivity contribution in [2.45, 2.75) is 71.1 Å². The number of methoxy groups -OCH3 is 2. The Morgan fingerprint density at radius 2 is 1.89 bits per heavy atom. The molecule has 11 nitrogen and oxygen atoms in total. The average Bonchev–Trinajstić information content (AvgIpc) is 3.31. The monoisotopic (exact) mass is 634 g/mol. The number of rotatable bonds is 16. The van der Waals surface area contributed by atoms with Crippen LogP contribution >= 0.6 is 11.6 Å². The predicted octanol–water partition coefficient (Wildman–Crippen LogP) is 5.33. The van der Waals surface area contributed by atoms with Gasteiger partial charge < -0.3 is 38.6 Å². The minimum absolute atomic E-state index is 0.00678. The minimum atomic E-state index is -0.842. The minimum Gasteiger partial charge on any atom is -0.488 e. The third kappa shape index (κ3) is 8.57. The van der Waals surface area contributed by atoms with Gasteiger partial charge in [0.1, 0.15) is 6.10 Å². The van der Waals surface area contributed by atoms with Crippen LogP contribution in [-0.2, 0) is 14.3 Å². The topological polar surface area (TPSA) is 116 Å². The van der Waals surface area contributed by atoms with Crippen LogP contribution in [0.3, 0.4) is 0 Å². The van der Waals surface area contributed by atoms with Gasteiger partial charge in [-0.15, -0.1) is 0 Å². The second kappa shape index (κ2) is 16.3. The largest absolute Gasteiger partial charge is 0.488 e. The summed E-state index contributed by atoms with van der Waals surface area (Å²) in [6.07, 6.45) is 6.66. The fraction of sp³-hybridized carbons (Fsp3) is 0.656. The molecule has 0 aliphatic carbocycles. The van der Waals surface area contributed by atoms with Gasteiger partial charge in [-0.1, -0.05) is 38.8 Å². The highest BCUT2D eigenvalue weighted by Crippen LogP contribution is 2.39. The van der Waals surface area contributed by atoms with E-state index in [-0.39, 0.29) is 36.5 Å². The van der Waals surface area contributed by atoms with Crippen molar-refractivity contribution >= 4 is 28.9 Å². The van der Waals surface area contributed by atoms with Crippen LogP contribution in [0.15, 0.2) is 24.5 Å². The summed E-state index contributed by atoms with van der Waals surface area (Å²) >= 11 is 6.48. The fourth-order valence-electron chi connectivity index (χ4n) is 5.96. The van der Waals surface area contributed by atoms with Gasteiger partial charge in [0.2, 0.25) is 5.88 Å². The molecule has 2 aliphatic rings. The highest BCUT2D eigenvalue weighted by atomic mass is 35.5. The molecule has 12 heteroatoms. The van der Waals surface area contributed by atoms with Crippen LogP contribution in [0.5, 0.6) is 17.5 Å². The zero-order valence-corrected chi connectivity index (χ0v) is 27.3. The Balaban J connectivity index is 1.51. The van der Waals surface area contributed by atoms with Crippen molar-refractivity contribution in [1.29, 1.82) is 0 Å². The molecule has 2 saturated heterocycles. The van der Waals surface area contributed by atoms with Crippen molar-refractivity contribution in [3.63, 3.8) is 0 Å². The normalized spacial score (nSPS) is 23.5. The third-order valence-electron chi connectivity index (χ3n) is 8.52. The van der Waals surface area contributed by atoms with Gasteiger partial charge in [-0.3, -0.25) is 4.79 Å². The van der Waals surface area contributed by atoms with Gasteiger partial charge in [-0.25, -0.2) is 9.97 Å². The van der Waals surface area contributed by atoms with E-state index in [0.29, 0.717) is 48.9 Å². The van der Waals surface area contributed by atoms with Gasteiger partial charge in [0.15, 0.2) is 5.75 Å². The molecule has 1 N–H and O–H groups in total. The van der Waals surface area contributed by atoms with Gasteiger partial charge in [-0.05, 0) is 12.8 Å². The zero-order valence-electron chi connectivity index (χ0n) is 26.5. The number of ether oxygens (including phenoxy) is 5. The van der Waals surface area contributed by atoms with Gasteiger partial charge in [0, 0.05) is 76.4 Å². The van der Waals surface area contributed by atoms with Crippen molar-refractivity contribution < 1.29 is 33.6 Å². The summed E-state index contributed by atoms with van der Waals surface area (Å²) in [5, 5.41) is 10.3. The number of carbonyl (C=O) groups is 1. The number of halogens is 1. The third-order valence-corrected chi connectivity index (χ3v) is 8.81. The molecule has 2 fully saturated rings. The van der Waals surface area contributed by atoms with Crippen molar-refractivity contribution in [1.82, 2.24) is 9.97 Å². The highest BCUT2D eigenvalue weighted by Gasteiger charge is 2.41. The zero-order chi connectivity index (χ0) is 31.6. The second-order valence-electron chi connectivity index (χ2n) is 11.7. The van der Waals surface area contributed by atoms with E-state index in [4.69, 9.17) is 40.3 Å². The number of carboxylic acids is 1. The van der Waals surface area contributed by atoms with E-state index in [1.54, 1.807) is 26.6 Å². The molecule has 0 bridgehead atoms. The van der Waals surface area contributed by atoms with Crippen molar-refractivity contribution in [3.8, 4) is 17.5 Å². The summed E-state index contributed by atoms with van der Waals surface area (Å²) in [7, 11) is 3.26. The molecular formula is C32H47ClN4O7. The first-order valence-corrected chi connectivity index (χ1v) is 16.0. The van der Waals surface area contributed by atoms with Crippen molar-refractivity contribution in [3.05, 3.63) is 29.5 Å². The lowest BCUT2D eigenvalue weighted by molar-refractivity contribution is -0.137. The molecule has 2 aromatic heterocycles. The van der Waals surface area contributed by atoms with Crippen molar-refractivity contribution in [2.24, 2.45) is 11.8 Å². The van der Waals surface area contributed by atoms with Crippen LogP contribution in [0, 0.1) is 11.8 Å². The first-order valence-electron chi connectivity index (χ1n) is 15.6. The standard InChI is InChI=1S/C32H47ClN4O7/c1-6-7-12-42-28-14-23(37-20-29(43-13-8-11-40-4)22(3)25(37)16-31(38)39)17-35-32(28)44-27-9-10-36(19-21(27)2)26-15-30(41-5)34-18-24(26)33/h14-15,17-18,21-22,25,27,29H,6-13,16,19-20H2,1-5H3,(H,38,39)/t21?,22-,25-,27?,29-/m0/s1. The van der Waals surface area contributed by atoms with E-state index in [9.17, 15) is 9.90 Å². The molecule has 0 spiro atoms. The number of piperidine rings is 1. The van der Waals surface area contributed by atoms with Crippen LogP contribution in [-0.4, -0.2) is 93.0 Å². The molecule has 0 saturated carbocycles. The van der Waals surface area contributed by atoms with Gasteiger partial charge in [-0.2, -0.15) is 0 Å². The number of aliphatic carboxylic acids is 1. The van der Waals surface area contributed by atoms with E-state index in [1.807, 2.05) is 12.1 Å². The molecule has 5 atom stereocenters. The SMILES string of the molecule is CCCCOc1cc(N2C[C@H](OCCCOC)[C@@H](C)[C@@H]2CC(=O)O)cnc1OC1CCN(c2cc(OC)ncc2Cl)CC1C. The lowest BCUT2D eigenvalue weighted by atomic mass is 9.96. The summed E-state index contributed by atoms with van der Waals surface area (Å²) in [5.74, 6) is 0.904. The molecule has 2 aromatic rings. The Bertz CT molecular complexity index is 1220. The molecule has 44 heavy (non-hydrogen) atoms. The maximum Gasteiger partial charge on any atom is 0.305 e. The number of unbranched alkanes of at least 4 members (excludes halogenated alkanes) is 1. The average molecular weight is 635 g/mol. The number of aromatic nitrogens is 2. The lowest BCUT2D eigenvalue weighted by Gasteiger charge is -2.38. The Kier molecular flexibility index (Phi) is 12.6. The van der Waals surface area contributed by atoms with Crippen LogP contribution in [0.1, 0.15) is 52.9 Å². The van der Waals surface area contributed by atoms with Crippen LogP contribution in [0.2, 0.25) is 5.02 Å². The first-order chi connectivity index (χ1) is 21.2. The maximum atomic E-state index is 11.8. The number of carboxylic acid groups (broad SMARTS) is 1. The van der Waals surface area contributed by atoms with Gasteiger partial charge in [0.05, 0.1) is 55.0 Å². The molecule has 4 heterocycles. The number of nitrogens with zero attached hydrogens (tertiary/aromatic N) is 4. The van der Waals surface area contributed by atoms with E-state index >= 15 is 0 Å². The molecule has 244 valence electrons. The number of hydrogen-bond acceptors (Lipinski definition) is 10. The number of hydrogen-bond donors (Lipinski definition) is 1. The fourth-order valence-corrected chi connectivity index (χ4v) is 6.19. The van der Waals surface area contributed by atoms with Crippen LogP contribution in [0.4, 0.5) is 11.4 Å². The summed E-state index contributed by atoms with van der Waals surface area (Å²) in [5.41, 5.74) is 1.70.